The highest BCUT2D eigenvalue weighted by Gasteiger charge is 2.04. The van der Waals surface area contributed by atoms with E-state index in [9.17, 15) is 4.79 Å². The lowest BCUT2D eigenvalue weighted by Gasteiger charge is -2.06. The molecule has 168 valence electrons. The van der Waals surface area contributed by atoms with Gasteiger partial charge in [0, 0.05) is 13.1 Å². The van der Waals surface area contributed by atoms with Gasteiger partial charge in [0.05, 0.1) is 6.61 Å². The van der Waals surface area contributed by atoms with Crippen LogP contribution in [0.1, 0.15) is 24.1 Å². The van der Waals surface area contributed by atoms with Crippen LogP contribution in [0.2, 0.25) is 0 Å². The Kier molecular flexibility index (Phi) is 16.9. The van der Waals surface area contributed by atoms with Gasteiger partial charge in [-0.3, -0.25) is 0 Å². The van der Waals surface area contributed by atoms with Crippen molar-refractivity contribution < 1.29 is 19.4 Å². The number of nitrogens with two attached hydrogens (primary N) is 2. The second-order valence-corrected chi connectivity index (χ2v) is 6.02. The van der Waals surface area contributed by atoms with Crippen LogP contribution in [0.15, 0.2) is 91.0 Å². The van der Waals surface area contributed by atoms with Crippen LogP contribution in [0, 0.1) is 0 Å². The SMILES string of the molecule is C.NCCN.O=C(OCc1ccccc1)OCc1ccccc1.OCc1ccccc1. The molecule has 0 aliphatic carbocycles. The number of ether oxygens (including phenoxy) is 2. The second-order valence-electron chi connectivity index (χ2n) is 6.02. The Bertz CT molecular complexity index is 737. The van der Waals surface area contributed by atoms with Crippen LogP contribution in [0.5, 0.6) is 0 Å². The molecule has 0 aliphatic rings. The maximum absolute atomic E-state index is 11.3. The van der Waals surface area contributed by atoms with Crippen molar-refractivity contribution in [1.82, 2.24) is 0 Å². The Morgan fingerprint density at radius 3 is 1.23 bits per heavy atom. The van der Waals surface area contributed by atoms with Crippen LogP contribution in [0.3, 0.4) is 0 Å². The smallest absolute Gasteiger partial charge is 0.429 e. The van der Waals surface area contributed by atoms with Crippen molar-refractivity contribution in [3.8, 4) is 0 Å². The molecule has 0 saturated heterocycles. The molecule has 3 aromatic rings. The highest BCUT2D eigenvalue weighted by atomic mass is 16.7. The predicted octanol–water partition coefficient (Wildman–Crippen LogP) is 4.26. The molecule has 0 aromatic heterocycles. The Labute approximate surface area is 185 Å². The van der Waals surface area contributed by atoms with E-state index < -0.39 is 6.16 Å². The van der Waals surface area contributed by atoms with Gasteiger partial charge < -0.3 is 26.0 Å². The number of carbonyl (C=O) groups is 1. The number of aliphatic hydroxyl groups is 1. The molecule has 3 rings (SSSR count). The summed E-state index contributed by atoms with van der Waals surface area (Å²) in [6, 6.07) is 28.5. The Morgan fingerprint density at radius 2 is 0.968 bits per heavy atom. The number of rotatable bonds is 6. The monoisotopic (exact) mass is 426 g/mol. The van der Waals surface area contributed by atoms with E-state index in [0.717, 1.165) is 16.7 Å². The number of hydrogen-bond donors (Lipinski definition) is 3. The van der Waals surface area contributed by atoms with Crippen molar-refractivity contribution in [2.75, 3.05) is 13.1 Å². The van der Waals surface area contributed by atoms with Crippen molar-refractivity contribution in [2.24, 2.45) is 11.5 Å². The highest BCUT2D eigenvalue weighted by Crippen LogP contribution is 2.04. The zero-order valence-corrected chi connectivity index (χ0v) is 17.0. The van der Waals surface area contributed by atoms with Crippen molar-refractivity contribution >= 4 is 6.16 Å². The van der Waals surface area contributed by atoms with Crippen LogP contribution in [-0.4, -0.2) is 24.4 Å². The predicted molar refractivity (Wildman–Crippen MR) is 125 cm³/mol. The molecule has 0 saturated carbocycles. The van der Waals surface area contributed by atoms with Gasteiger partial charge in [0.25, 0.3) is 0 Å². The summed E-state index contributed by atoms with van der Waals surface area (Å²) < 4.78 is 9.98. The van der Waals surface area contributed by atoms with E-state index in [1.165, 1.54) is 0 Å². The van der Waals surface area contributed by atoms with Crippen molar-refractivity contribution in [2.45, 2.75) is 27.2 Å². The van der Waals surface area contributed by atoms with E-state index >= 15 is 0 Å². The largest absolute Gasteiger partial charge is 0.508 e. The summed E-state index contributed by atoms with van der Waals surface area (Å²) >= 11 is 0. The zero-order chi connectivity index (χ0) is 21.9. The number of benzene rings is 3. The number of aliphatic hydroxyl groups excluding tert-OH is 1. The number of carbonyl (C=O) groups excluding carboxylic acids is 1. The molecule has 0 unspecified atom stereocenters. The molecule has 31 heavy (non-hydrogen) atoms. The van der Waals surface area contributed by atoms with Crippen molar-refractivity contribution in [3.05, 3.63) is 108 Å². The average molecular weight is 427 g/mol. The highest BCUT2D eigenvalue weighted by molar-refractivity contribution is 5.59. The average Bonchev–Trinajstić information content (AvgIpc) is 2.84. The van der Waals surface area contributed by atoms with Gasteiger partial charge in [-0.05, 0) is 16.7 Å². The third kappa shape index (κ3) is 14.4. The molecule has 0 spiro atoms. The molecule has 0 fully saturated rings. The van der Waals surface area contributed by atoms with E-state index in [1.54, 1.807) is 0 Å². The lowest BCUT2D eigenvalue weighted by Crippen LogP contribution is -2.11. The van der Waals surface area contributed by atoms with Gasteiger partial charge >= 0.3 is 6.16 Å². The van der Waals surface area contributed by atoms with Crippen LogP contribution in [0.4, 0.5) is 4.79 Å². The first-order chi connectivity index (χ1) is 14.7. The molecule has 6 nitrogen and oxygen atoms in total. The first kappa shape index (κ1) is 27.8. The molecule has 0 amide bonds. The van der Waals surface area contributed by atoms with E-state index in [-0.39, 0.29) is 27.2 Å². The van der Waals surface area contributed by atoms with Gasteiger partial charge in [-0.1, -0.05) is 98.4 Å². The fraction of sp³-hybridized carbons (Fsp3) is 0.240. The molecule has 0 aliphatic heterocycles. The minimum Gasteiger partial charge on any atom is -0.429 e. The minimum atomic E-state index is -0.650. The summed E-state index contributed by atoms with van der Waals surface area (Å²) in [5.41, 5.74) is 12.6. The summed E-state index contributed by atoms with van der Waals surface area (Å²) in [5.74, 6) is 0. The molecule has 0 atom stereocenters. The third-order valence-corrected chi connectivity index (χ3v) is 3.59. The quantitative estimate of drug-likeness (QED) is 0.508. The van der Waals surface area contributed by atoms with Gasteiger partial charge in [0.2, 0.25) is 0 Å². The van der Waals surface area contributed by atoms with E-state index in [1.807, 2.05) is 91.0 Å². The lowest BCUT2D eigenvalue weighted by atomic mass is 10.2. The summed E-state index contributed by atoms with van der Waals surface area (Å²) in [5, 5.41) is 8.54. The molecule has 0 radical (unpaired) electrons. The maximum atomic E-state index is 11.3. The van der Waals surface area contributed by atoms with Crippen LogP contribution in [-0.2, 0) is 29.3 Å². The summed E-state index contributed by atoms with van der Waals surface area (Å²) in [7, 11) is 0. The molecule has 0 heterocycles. The van der Waals surface area contributed by atoms with E-state index in [4.69, 9.17) is 26.0 Å². The second kappa shape index (κ2) is 18.8. The zero-order valence-electron chi connectivity index (χ0n) is 17.0. The molecule has 5 N–H and O–H groups in total. The van der Waals surface area contributed by atoms with Gasteiger partial charge in [0.1, 0.15) is 13.2 Å². The molecular formula is C25H34N2O4. The molecule has 6 heteroatoms. The lowest BCUT2D eigenvalue weighted by molar-refractivity contribution is 0.0446. The maximum Gasteiger partial charge on any atom is 0.508 e. The first-order valence-electron chi connectivity index (χ1n) is 9.62. The van der Waals surface area contributed by atoms with Crippen molar-refractivity contribution in [3.63, 3.8) is 0 Å². The normalized spacial score (nSPS) is 9.00. The first-order valence-corrected chi connectivity index (χ1v) is 9.62. The van der Waals surface area contributed by atoms with Crippen LogP contribution < -0.4 is 11.5 Å². The van der Waals surface area contributed by atoms with Crippen LogP contribution >= 0.6 is 0 Å². The standard InChI is InChI=1S/C15H14O3.C7H8O.C2H8N2.CH4/c16-15(17-11-13-7-3-1-4-8-13)18-12-14-9-5-2-6-10-14;8-6-7-4-2-1-3-5-7;3-1-2-4;/h1-10H,11-12H2;1-5,8H,6H2;1-4H2;1H4. The van der Waals surface area contributed by atoms with Crippen molar-refractivity contribution in [1.29, 1.82) is 0 Å². The summed E-state index contributed by atoms with van der Waals surface area (Å²) in [6.45, 7) is 1.80. The minimum absolute atomic E-state index is 0. The van der Waals surface area contributed by atoms with E-state index in [2.05, 4.69) is 0 Å². The fourth-order valence-electron chi connectivity index (χ4n) is 2.06. The summed E-state index contributed by atoms with van der Waals surface area (Å²) in [6.07, 6.45) is -0.650. The number of hydrogen-bond acceptors (Lipinski definition) is 6. The molecule has 3 aromatic carbocycles. The van der Waals surface area contributed by atoms with Gasteiger partial charge in [-0.2, -0.15) is 0 Å². The Morgan fingerprint density at radius 1 is 0.645 bits per heavy atom. The molecule has 0 bridgehead atoms. The van der Waals surface area contributed by atoms with Gasteiger partial charge in [-0.15, -0.1) is 0 Å². The summed E-state index contributed by atoms with van der Waals surface area (Å²) in [4.78, 5) is 11.3. The Hall–Kier alpha value is -3.19. The van der Waals surface area contributed by atoms with E-state index in [0.29, 0.717) is 13.1 Å². The topological polar surface area (TPSA) is 108 Å². The van der Waals surface area contributed by atoms with Gasteiger partial charge in [-0.25, -0.2) is 4.79 Å². The molecular weight excluding hydrogens is 392 g/mol. The van der Waals surface area contributed by atoms with Crippen LogP contribution in [0.25, 0.3) is 0 Å². The fourth-order valence-corrected chi connectivity index (χ4v) is 2.06. The Balaban J connectivity index is 0.000000576. The third-order valence-electron chi connectivity index (χ3n) is 3.59. The van der Waals surface area contributed by atoms with Gasteiger partial charge in [0.15, 0.2) is 0 Å².